The predicted octanol–water partition coefficient (Wildman–Crippen LogP) is 2.66. The van der Waals surface area contributed by atoms with E-state index in [2.05, 4.69) is 0 Å². The fourth-order valence-corrected chi connectivity index (χ4v) is 1.65. The van der Waals surface area contributed by atoms with E-state index in [9.17, 15) is 4.79 Å². The fourth-order valence-electron chi connectivity index (χ4n) is 1.65. The lowest BCUT2D eigenvalue weighted by Gasteiger charge is -2.18. The molecule has 1 aromatic rings. The number of nitrogens with zero attached hydrogens (tertiary/aromatic N) is 3. The maximum absolute atomic E-state index is 12.0. The van der Waals surface area contributed by atoms with Gasteiger partial charge in [0.1, 0.15) is 0 Å². The van der Waals surface area contributed by atoms with Crippen molar-refractivity contribution in [3.05, 3.63) is 41.5 Å². The molecule has 0 heterocycles. The van der Waals surface area contributed by atoms with Crippen LogP contribution in [0.4, 0.5) is 0 Å². The van der Waals surface area contributed by atoms with E-state index < -0.39 is 0 Å². The second kappa shape index (κ2) is 8.50. The zero-order valence-electron chi connectivity index (χ0n) is 11.5. The summed E-state index contributed by atoms with van der Waals surface area (Å²) in [6.07, 6.45) is 3.78. The Hall–Kier alpha value is -2.59. The maximum Gasteiger partial charge on any atom is 0.246 e. The molecule has 0 aliphatic heterocycles. The van der Waals surface area contributed by atoms with E-state index in [1.807, 2.05) is 43.3 Å². The molecule has 0 radical (unpaired) electrons. The van der Waals surface area contributed by atoms with Crippen molar-refractivity contribution in [2.24, 2.45) is 0 Å². The van der Waals surface area contributed by atoms with Crippen molar-refractivity contribution >= 4 is 12.0 Å². The third-order valence-electron chi connectivity index (χ3n) is 2.79. The highest BCUT2D eigenvalue weighted by molar-refractivity contribution is 5.91. The molecule has 0 N–H and O–H groups in total. The standard InChI is InChI=1S/C16H17N3O/c1-14-4-6-15(7-5-14)8-9-16(20)19(12-2-10-17)13-3-11-18/h4-9H,2-3,12-13H2,1H3. The molecule has 1 rings (SSSR count). The largest absolute Gasteiger partial charge is 0.337 e. The summed E-state index contributed by atoms with van der Waals surface area (Å²) in [5.74, 6) is -0.170. The van der Waals surface area contributed by atoms with Crippen molar-refractivity contribution in [2.75, 3.05) is 13.1 Å². The molecule has 20 heavy (non-hydrogen) atoms. The van der Waals surface area contributed by atoms with Crippen molar-refractivity contribution in [1.29, 1.82) is 10.5 Å². The molecule has 4 heteroatoms. The highest BCUT2D eigenvalue weighted by atomic mass is 16.2. The zero-order chi connectivity index (χ0) is 14.8. The van der Waals surface area contributed by atoms with Crippen molar-refractivity contribution in [3.63, 3.8) is 0 Å². The molecule has 0 aliphatic carbocycles. The van der Waals surface area contributed by atoms with Crippen LogP contribution in [0.25, 0.3) is 6.08 Å². The fraction of sp³-hybridized carbons (Fsp3) is 0.312. The van der Waals surface area contributed by atoms with Gasteiger partial charge in [0.25, 0.3) is 0 Å². The first-order chi connectivity index (χ1) is 9.67. The van der Waals surface area contributed by atoms with E-state index in [0.717, 1.165) is 11.1 Å². The molecule has 0 unspecified atom stereocenters. The Balaban J connectivity index is 2.67. The summed E-state index contributed by atoms with van der Waals surface area (Å²) in [6, 6.07) is 11.9. The molecule has 0 aliphatic rings. The van der Waals surface area contributed by atoms with E-state index in [4.69, 9.17) is 10.5 Å². The van der Waals surface area contributed by atoms with E-state index in [-0.39, 0.29) is 18.7 Å². The summed E-state index contributed by atoms with van der Waals surface area (Å²) in [5, 5.41) is 17.2. The van der Waals surface area contributed by atoms with Gasteiger partial charge in [-0.15, -0.1) is 0 Å². The van der Waals surface area contributed by atoms with E-state index in [1.165, 1.54) is 11.0 Å². The minimum atomic E-state index is -0.170. The first-order valence-corrected chi connectivity index (χ1v) is 6.45. The Morgan fingerprint density at radius 3 is 2.20 bits per heavy atom. The molecule has 102 valence electrons. The van der Waals surface area contributed by atoms with Crippen LogP contribution in [-0.4, -0.2) is 23.9 Å². The summed E-state index contributed by atoms with van der Waals surface area (Å²) >= 11 is 0. The Labute approximate surface area is 119 Å². The average molecular weight is 267 g/mol. The molecule has 0 aromatic heterocycles. The quantitative estimate of drug-likeness (QED) is 0.744. The number of amides is 1. The molecule has 1 amide bonds. The Morgan fingerprint density at radius 2 is 1.70 bits per heavy atom. The lowest BCUT2D eigenvalue weighted by Crippen LogP contribution is -2.31. The molecule has 0 spiro atoms. The second-order valence-corrected chi connectivity index (χ2v) is 4.39. The number of carbonyl (C=O) groups is 1. The van der Waals surface area contributed by atoms with Gasteiger partial charge in [-0.3, -0.25) is 4.79 Å². The average Bonchev–Trinajstić information content (AvgIpc) is 2.46. The topological polar surface area (TPSA) is 67.9 Å². The van der Waals surface area contributed by atoms with Crippen molar-refractivity contribution in [2.45, 2.75) is 19.8 Å². The molecule has 1 aromatic carbocycles. The summed E-state index contributed by atoms with van der Waals surface area (Å²) in [5.41, 5.74) is 2.11. The van der Waals surface area contributed by atoms with Crippen molar-refractivity contribution in [3.8, 4) is 12.1 Å². The van der Waals surface area contributed by atoms with Gasteiger partial charge in [-0.25, -0.2) is 0 Å². The van der Waals surface area contributed by atoms with Crippen LogP contribution < -0.4 is 0 Å². The third kappa shape index (κ3) is 5.37. The lowest BCUT2D eigenvalue weighted by molar-refractivity contribution is -0.125. The zero-order valence-corrected chi connectivity index (χ0v) is 11.5. The molecule has 4 nitrogen and oxygen atoms in total. The molecular formula is C16H17N3O. The van der Waals surface area contributed by atoms with E-state index in [0.29, 0.717) is 13.1 Å². The SMILES string of the molecule is Cc1ccc(C=CC(=O)N(CCC#N)CCC#N)cc1. The van der Waals surface area contributed by atoms with Gasteiger partial charge in [-0.1, -0.05) is 29.8 Å². The first kappa shape index (κ1) is 15.5. The number of hydrogen-bond donors (Lipinski definition) is 0. The van der Waals surface area contributed by atoms with Crippen LogP contribution in [0.2, 0.25) is 0 Å². The van der Waals surface area contributed by atoms with Crippen LogP contribution in [0.15, 0.2) is 30.3 Å². The van der Waals surface area contributed by atoms with Gasteiger partial charge >= 0.3 is 0 Å². The molecule has 0 saturated carbocycles. The number of aryl methyl sites for hydroxylation is 1. The van der Waals surface area contributed by atoms with Gasteiger partial charge in [-0.05, 0) is 18.6 Å². The first-order valence-electron chi connectivity index (χ1n) is 6.45. The normalized spacial score (nSPS) is 9.95. The third-order valence-corrected chi connectivity index (χ3v) is 2.79. The van der Waals surface area contributed by atoms with Crippen LogP contribution in [0, 0.1) is 29.6 Å². The van der Waals surface area contributed by atoms with E-state index in [1.54, 1.807) is 6.08 Å². The minimum Gasteiger partial charge on any atom is -0.337 e. The van der Waals surface area contributed by atoms with Crippen LogP contribution in [-0.2, 0) is 4.79 Å². The maximum atomic E-state index is 12.0. The highest BCUT2D eigenvalue weighted by Crippen LogP contribution is 2.06. The predicted molar refractivity (Wildman–Crippen MR) is 77.3 cm³/mol. The number of nitriles is 2. The second-order valence-electron chi connectivity index (χ2n) is 4.39. The summed E-state index contributed by atoms with van der Waals surface area (Å²) in [7, 11) is 0. The molecule has 0 bridgehead atoms. The Morgan fingerprint density at radius 1 is 1.15 bits per heavy atom. The number of hydrogen-bond acceptors (Lipinski definition) is 3. The monoisotopic (exact) mass is 267 g/mol. The smallest absolute Gasteiger partial charge is 0.246 e. The summed E-state index contributed by atoms with van der Waals surface area (Å²) < 4.78 is 0. The van der Waals surface area contributed by atoms with Crippen molar-refractivity contribution in [1.82, 2.24) is 4.90 Å². The van der Waals surface area contributed by atoms with Gasteiger partial charge in [0, 0.05) is 19.2 Å². The highest BCUT2D eigenvalue weighted by Gasteiger charge is 2.09. The number of carbonyl (C=O) groups excluding carboxylic acids is 1. The Kier molecular flexibility index (Phi) is 6.57. The van der Waals surface area contributed by atoms with Crippen LogP contribution in [0.5, 0.6) is 0 Å². The van der Waals surface area contributed by atoms with Crippen LogP contribution >= 0.6 is 0 Å². The van der Waals surface area contributed by atoms with Gasteiger partial charge in [0.05, 0.1) is 25.0 Å². The minimum absolute atomic E-state index is 0.170. The lowest BCUT2D eigenvalue weighted by atomic mass is 10.1. The summed E-state index contributed by atoms with van der Waals surface area (Å²) in [6.45, 7) is 2.72. The van der Waals surface area contributed by atoms with Gasteiger partial charge in [-0.2, -0.15) is 10.5 Å². The van der Waals surface area contributed by atoms with Crippen molar-refractivity contribution < 1.29 is 4.79 Å². The summed E-state index contributed by atoms with van der Waals surface area (Å²) in [4.78, 5) is 13.5. The number of benzene rings is 1. The molecule has 0 saturated heterocycles. The van der Waals surface area contributed by atoms with Crippen LogP contribution in [0.3, 0.4) is 0 Å². The van der Waals surface area contributed by atoms with Gasteiger partial charge in [0.15, 0.2) is 0 Å². The molecule has 0 fully saturated rings. The Bertz CT molecular complexity index is 529. The van der Waals surface area contributed by atoms with E-state index >= 15 is 0 Å². The number of rotatable bonds is 6. The van der Waals surface area contributed by atoms with Crippen LogP contribution in [0.1, 0.15) is 24.0 Å². The molecule has 0 atom stereocenters. The van der Waals surface area contributed by atoms with Gasteiger partial charge < -0.3 is 4.90 Å². The molecular weight excluding hydrogens is 250 g/mol. The van der Waals surface area contributed by atoms with Gasteiger partial charge in [0.2, 0.25) is 5.91 Å².